The van der Waals surface area contributed by atoms with E-state index in [1.165, 1.54) is 25.3 Å². The summed E-state index contributed by atoms with van der Waals surface area (Å²) < 4.78 is 40.7. The number of rotatable bonds is 3. The molecule has 0 saturated heterocycles. The standard InChI is InChI=1S/C9H9BF3O2/c1-15-9-4-2-3-8(14)7(9)5-6-10(11,12)13/h2-6,14H,1H3/q-1/b6-5+. The van der Waals surface area contributed by atoms with Gasteiger partial charge in [-0.2, -0.15) is 0 Å². The minimum Gasteiger partial charge on any atom is -0.507 e. The second-order valence-corrected chi connectivity index (χ2v) is 2.88. The molecule has 1 aromatic carbocycles. The quantitative estimate of drug-likeness (QED) is 0.788. The molecule has 0 unspecified atom stereocenters. The fourth-order valence-electron chi connectivity index (χ4n) is 1.08. The van der Waals surface area contributed by atoms with E-state index in [9.17, 15) is 18.1 Å². The Morgan fingerprint density at radius 2 is 2.00 bits per heavy atom. The van der Waals surface area contributed by atoms with Crippen LogP contribution in [0.2, 0.25) is 0 Å². The highest BCUT2D eigenvalue weighted by Crippen LogP contribution is 2.29. The monoisotopic (exact) mass is 217 g/mol. The van der Waals surface area contributed by atoms with Gasteiger partial charge in [0.05, 0.1) is 12.7 Å². The number of hydrogen-bond acceptors (Lipinski definition) is 2. The molecule has 1 N–H and O–H groups in total. The van der Waals surface area contributed by atoms with Crippen molar-refractivity contribution in [2.75, 3.05) is 7.11 Å². The van der Waals surface area contributed by atoms with E-state index in [4.69, 9.17) is 4.74 Å². The van der Waals surface area contributed by atoms with E-state index in [0.29, 0.717) is 0 Å². The topological polar surface area (TPSA) is 29.5 Å². The minimum atomic E-state index is -5.01. The number of ether oxygens (including phenoxy) is 1. The van der Waals surface area contributed by atoms with Crippen LogP contribution in [0.1, 0.15) is 5.56 Å². The molecule has 0 aliphatic rings. The van der Waals surface area contributed by atoms with Crippen LogP contribution in [0.25, 0.3) is 6.08 Å². The van der Waals surface area contributed by atoms with Crippen LogP contribution in [0.3, 0.4) is 0 Å². The molecule has 0 spiro atoms. The van der Waals surface area contributed by atoms with E-state index in [1.807, 2.05) is 0 Å². The summed E-state index contributed by atoms with van der Waals surface area (Å²) in [4.78, 5) is 0. The molecule has 2 nitrogen and oxygen atoms in total. The largest absolute Gasteiger partial charge is 0.507 e. The molecular formula is C9H9BF3O2-. The third kappa shape index (κ3) is 3.23. The van der Waals surface area contributed by atoms with Crippen LogP contribution in [0.15, 0.2) is 24.2 Å². The average molecular weight is 217 g/mol. The molecule has 0 heterocycles. The summed E-state index contributed by atoms with van der Waals surface area (Å²) >= 11 is 0. The minimum absolute atomic E-state index is 0.0270. The summed E-state index contributed by atoms with van der Waals surface area (Å²) in [6.45, 7) is -5.01. The maximum atomic E-state index is 12.0. The summed E-state index contributed by atoms with van der Waals surface area (Å²) in [5, 5.41) is 9.33. The Hall–Kier alpha value is -1.59. The number of benzene rings is 1. The molecule has 1 rings (SSSR count). The summed E-state index contributed by atoms with van der Waals surface area (Å²) in [7, 11) is 1.32. The first-order valence-corrected chi connectivity index (χ1v) is 4.19. The van der Waals surface area contributed by atoms with E-state index in [1.54, 1.807) is 0 Å². The summed E-state index contributed by atoms with van der Waals surface area (Å²) in [5.41, 5.74) is 0.0270. The van der Waals surface area contributed by atoms with Crippen molar-refractivity contribution in [1.29, 1.82) is 0 Å². The zero-order valence-electron chi connectivity index (χ0n) is 7.95. The molecule has 0 atom stereocenters. The normalized spacial score (nSPS) is 12.0. The number of phenolic OH excluding ortho intramolecular Hbond substituents is 1. The van der Waals surface area contributed by atoms with Gasteiger partial charge < -0.3 is 22.8 Å². The number of phenols is 1. The molecule has 0 aliphatic heterocycles. The number of halogens is 3. The smallest absolute Gasteiger partial charge is 0.502 e. The van der Waals surface area contributed by atoms with Crippen molar-refractivity contribution >= 4 is 13.1 Å². The SMILES string of the molecule is COc1cccc(O)c1/C=C/[B-](F)(F)F. The molecule has 0 amide bonds. The van der Waals surface area contributed by atoms with Gasteiger partial charge >= 0.3 is 6.98 Å². The lowest BCUT2D eigenvalue weighted by Gasteiger charge is -2.09. The predicted octanol–water partition coefficient (Wildman–Crippen LogP) is 2.80. The molecule has 15 heavy (non-hydrogen) atoms. The van der Waals surface area contributed by atoms with Gasteiger partial charge in [0.25, 0.3) is 0 Å². The highest BCUT2D eigenvalue weighted by Gasteiger charge is 2.18. The summed E-state index contributed by atoms with van der Waals surface area (Å²) in [5.74, 6) is 0.0642. The van der Waals surface area contributed by atoms with Crippen LogP contribution < -0.4 is 4.74 Å². The third-order valence-electron chi connectivity index (χ3n) is 1.74. The van der Waals surface area contributed by atoms with Gasteiger partial charge in [0.2, 0.25) is 0 Å². The Balaban J connectivity index is 3.08. The lowest BCUT2D eigenvalue weighted by molar-refractivity contribution is 0.406. The molecule has 0 bridgehead atoms. The second kappa shape index (κ2) is 4.29. The molecule has 82 valence electrons. The first kappa shape index (κ1) is 11.5. The third-order valence-corrected chi connectivity index (χ3v) is 1.74. The van der Waals surface area contributed by atoms with Crippen LogP contribution in [0.5, 0.6) is 11.5 Å². The van der Waals surface area contributed by atoms with Gasteiger partial charge in [0.1, 0.15) is 11.5 Å². The van der Waals surface area contributed by atoms with Crippen LogP contribution in [-0.2, 0) is 0 Å². The van der Waals surface area contributed by atoms with Gasteiger partial charge in [0.15, 0.2) is 0 Å². The Bertz CT molecular complexity index is 374. The average Bonchev–Trinajstić information content (AvgIpc) is 2.14. The maximum absolute atomic E-state index is 12.0. The van der Waals surface area contributed by atoms with Crippen LogP contribution in [-0.4, -0.2) is 19.2 Å². The zero-order valence-corrected chi connectivity index (χ0v) is 7.95. The van der Waals surface area contributed by atoms with Crippen LogP contribution in [0.4, 0.5) is 12.9 Å². The fraction of sp³-hybridized carbons (Fsp3) is 0.111. The van der Waals surface area contributed by atoms with Crippen molar-refractivity contribution in [2.24, 2.45) is 0 Å². The van der Waals surface area contributed by atoms with E-state index in [0.717, 1.165) is 6.08 Å². The van der Waals surface area contributed by atoms with Crippen LogP contribution >= 0.6 is 0 Å². The highest BCUT2D eigenvalue weighted by atomic mass is 19.4. The maximum Gasteiger partial charge on any atom is 0.502 e. The molecule has 1 aromatic rings. The van der Waals surface area contributed by atoms with Gasteiger partial charge in [-0.25, -0.2) is 0 Å². The Kier molecular flexibility index (Phi) is 3.29. The van der Waals surface area contributed by atoms with Gasteiger partial charge in [-0.3, -0.25) is 0 Å². The van der Waals surface area contributed by atoms with Gasteiger partial charge in [-0.15, -0.1) is 5.98 Å². The van der Waals surface area contributed by atoms with E-state index in [-0.39, 0.29) is 23.0 Å². The molecule has 0 radical (unpaired) electrons. The molecule has 0 aromatic heterocycles. The lowest BCUT2D eigenvalue weighted by atomic mass is 9.90. The number of hydrogen-bond donors (Lipinski definition) is 1. The van der Waals surface area contributed by atoms with E-state index in [2.05, 4.69) is 0 Å². The number of aromatic hydroxyl groups is 1. The first-order chi connectivity index (χ1) is 6.94. The van der Waals surface area contributed by atoms with Gasteiger partial charge in [-0.05, 0) is 12.1 Å². The molecular weight excluding hydrogens is 208 g/mol. The predicted molar refractivity (Wildman–Crippen MR) is 52.8 cm³/mol. The summed E-state index contributed by atoms with van der Waals surface area (Å²) in [6.07, 6.45) is 0.800. The molecule has 0 saturated carbocycles. The van der Waals surface area contributed by atoms with E-state index < -0.39 is 6.98 Å². The van der Waals surface area contributed by atoms with Crippen molar-refractivity contribution in [3.8, 4) is 11.5 Å². The second-order valence-electron chi connectivity index (χ2n) is 2.88. The van der Waals surface area contributed by atoms with Gasteiger partial charge in [0, 0.05) is 0 Å². The molecule has 0 fully saturated rings. The Morgan fingerprint density at radius 1 is 1.33 bits per heavy atom. The Labute approximate surface area is 85.0 Å². The Morgan fingerprint density at radius 3 is 2.53 bits per heavy atom. The first-order valence-electron chi connectivity index (χ1n) is 4.19. The van der Waals surface area contributed by atoms with Crippen molar-refractivity contribution in [1.82, 2.24) is 0 Å². The van der Waals surface area contributed by atoms with Crippen LogP contribution in [0, 0.1) is 0 Å². The lowest BCUT2D eigenvalue weighted by Crippen LogP contribution is -2.09. The van der Waals surface area contributed by atoms with Gasteiger partial charge in [-0.1, -0.05) is 12.1 Å². The number of methoxy groups -OCH3 is 1. The van der Waals surface area contributed by atoms with E-state index >= 15 is 0 Å². The van der Waals surface area contributed by atoms with Crippen molar-refractivity contribution < 1.29 is 22.8 Å². The molecule has 6 heteroatoms. The fourth-order valence-corrected chi connectivity index (χ4v) is 1.08. The highest BCUT2D eigenvalue weighted by molar-refractivity contribution is 6.64. The van der Waals surface area contributed by atoms with Crippen molar-refractivity contribution in [2.45, 2.75) is 0 Å². The van der Waals surface area contributed by atoms with Crippen molar-refractivity contribution in [3.05, 3.63) is 29.7 Å². The van der Waals surface area contributed by atoms with Crippen molar-refractivity contribution in [3.63, 3.8) is 0 Å². The summed E-state index contributed by atoms with van der Waals surface area (Å²) in [6, 6.07) is 4.26. The molecule has 0 aliphatic carbocycles. The zero-order chi connectivity index (χ0) is 11.5.